The first-order chi connectivity index (χ1) is 12.6. The van der Waals surface area contributed by atoms with Crippen LogP contribution in [0.5, 0.6) is 0 Å². The number of nitrogens with zero attached hydrogens (tertiary/aromatic N) is 3. The Morgan fingerprint density at radius 1 is 1.27 bits per heavy atom. The third-order valence-corrected chi connectivity index (χ3v) is 5.50. The number of pyridine rings is 1. The maximum absolute atomic E-state index is 12.8. The lowest BCUT2D eigenvalue weighted by Crippen LogP contribution is -2.47. The standard InChI is InChI=1S/C19H23N3O3S/c1-2-10-22(18(23)16-6-4-13-26-16)14-8-11-21(12-9-14)17-7-3-5-15(20-17)19(24)25/h3-7,13-14H,2,8-12H2,1H3,(H,24,25). The van der Waals surface area contributed by atoms with E-state index in [4.69, 9.17) is 5.11 Å². The fourth-order valence-corrected chi connectivity index (χ4v) is 4.04. The van der Waals surface area contributed by atoms with Gasteiger partial charge in [-0.05, 0) is 42.8 Å². The van der Waals surface area contributed by atoms with Gasteiger partial charge >= 0.3 is 5.97 Å². The summed E-state index contributed by atoms with van der Waals surface area (Å²) in [7, 11) is 0. The Morgan fingerprint density at radius 3 is 2.65 bits per heavy atom. The molecule has 2 aromatic rings. The van der Waals surface area contributed by atoms with Crippen LogP contribution in [-0.4, -0.2) is 52.5 Å². The predicted molar refractivity (Wildman–Crippen MR) is 102 cm³/mol. The van der Waals surface area contributed by atoms with Gasteiger partial charge in [0.2, 0.25) is 0 Å². The Balaban J connectivity index is 1.67. The van der Waals surface area contributed by atoms with Crippen LogP contribution >= 0.6 is 11.3 Å². The normalized spacial score (nSPS) is 15.0. The van der Waals surface area contributed by atoms with E-state index in [1.54, 1.807) is 6.07 Å². The summed E-state index contributed by atoms with van der Waals surface area (Å²) < 4.78 is 0. The van der Waals surface area contributed by atoms with Crippen LogP contribution in [0, 0.1) is 0 Å². The average Bonchev–Trinajstić information content (AvgIpc) is 3.21. The SMILES string of the molecule is CCCN(C(=O)c1cccs1)C1CCN(c2cccc(C(=O)O)n2)CC1. The number of thiophene rings is 1. The van der Waals surface area contributed by atoms with Crippen molar-refractivity contribution in [1.82, 2.24) is 9.88 Å². The fraction of sp³-hybridized carbons (Fsp3) is 0.421. The molecule has 0 spiro atoms. The number of hydrogen-bond acceptors (Lipinski definition) is 5. The van der Waals surface area contributed by atoms with Crippen LogP contribution in [0.2, 0.25) is 0 Å². The molecule has 3 rings (SSSR count). The van der Waals surface area contributed by atoms with Crippen LogP contribution in [0.15, 0.2) is 35.7 Å². The Labute approximate surface area is 157 Å². The fourth-order valence-electron chi connectivity index (χ4n) is 3.36. The van der Waals surface area contributed by atoms with Crippen LogP contribution in [0.1, 0.15) is 46.3 Å². The molecular weight excluding hydrogens is 350 g/mol. The average molecular weight is 373 g/mol. The van der Waals surface area contributed by atoms with Crippen molar-refractivity contribution in [2.75, 3.05) is 24.5 Å². The largest absolute Gasteiger partial charge is 0.477 e. The number of carbonyl (C=O) groups excluding carboxylic acids is 1. The number of piperidine rings is 1. The third-order valence-electron chi connectivity index (χ3n) is 4.64. The van der Waals surface area contributed by atoms with Crippen LogP contribution in [0.3, 0.4) is 0 Å². The summed E-state index contributed by atoms with van der Waals surface area (Å²) in [5.74, 6) is -0.210. The van der Waals surface area contributed by atoms with Gasteiger partial charge in [0.25, 0.3) is 5.91 Å². The van der Waals surface area contributed by atoms with Gasteiger partial charge < -0.3 is 14.9 Å². The number of carboxylic acids is 1. The maximum Gasteiger partial charge on any atom is 0.354 e. The summed E-state index contributed by atoms with van der Waals surface area (Å²) in [4.78, 5) is 33.0. The van der Waals surface area contributed by atoms with Crippen LogP contribution in [0.4, 0.5) is 5.82 Å². The zero-order chi connectivity index (χ0) is 18.5. The second-order valence-corrected chi connectivity index (χ2v) is 7.33. The van der Waals surface area contributed by atoms with E-state index in [0.29, 0.717) is 5.82 Å². The van der Waals surface area contributed by atoms with Gasteiger partial charge in [-0.15, -0.1) is 11.3 Å². The summed E-state index contributed by atoms with van der Waals surface area (Å²) in [6.45, 7) is 4.37. The first kappa shape index (κ1) is 18.4. The molecule has 0 bridgehead atoms. The van der Waals surface area contributed by atoms with E-state index in [9.17, 15) is 9.59 Å². The monoisotopic (exact) mass is 373 g/mol. The van der Waals surface area contributed by atoms with Gasteiger partial charge in [0, 0.05) is 25.7 Å². The summed E-state index contributed by atoms with van der Waals surface area (Å²) >= 11 is 1.48. The molecule has 0 aliphatic carbocycles. The molecule has 2 aromatic heterocycles. The van der Waals surface area contributed by atoms with Crippen molar-refractivity contribution in [3.8, 4) is 0 Å². The summed E-state index contributed by atoms with van der Waals surface area (Å²) in [6.07, 6.45) is 2.64. The number of carboxylic acid groups (broad SMARTS) is 1. The van der Waals surface area contributed by atoms with E-state index in [2.05, 4.69) is 16.8 Å². The molecule has 26 heavy (non-hydrogen) atoms. The summed E-state index contributed by atoms with van der Waals surface area (Å²) in [6, 6.07) is 9.07. The second-order valence-electron chi connectivity index (χ2n) is 6.38. The number of amides is 1. The van der Waals surface area contributed by atoms with E-state index >= 15 is 0 Å². The minimum Gasteiger partial charge on any atom is -0.477 e. The highest BCUT2D eigenvalue weighted by molar-refractivity contribution is 7.12. The number of hydrogen-bond donors (Lipinski definition) is 1. The number of anilines is 1. The maximum atomic E-state index is 12.8. The van der Waals surface area contributed by atoms with Gasteiger partial charge in [-0.25, -0.2) is 9.78 Å². The molecule has 1 N–H and O–H groups in total. The quantitative estimate of drug-likeness (QED) is 0.840. The molecule has 138 valence electrons. The smallest absolute Gasteiger partial charge is 0.354 e. The second kappa shape index (κ2) is 8.31. The molecule has 0 aromatic carbocycles. The highest BCUT2D eigenvalue weighted by Gasteiger charge is 2.29. The Bertz CT molecular complexity index is 755. The summed E-state index contributed by atoms with van der Waals surface area (Å²) in [5.41, 5.74) is 0.0603. The molecule has 1 amide bonds. The Hall–Kier alpha value is -2.41. The van der Waals surface area contributed by atoms with E-state index in [0.717, 1.165) is 43.8 Å². The van der Waals surface area contributed by atoms with E-state index < -0.39 is 5.97 Å². The molecule has 1 aliphatic heterocycles. The molecule has 7 heteroatoms. The molecule has 0 radical (unpaired) electrons. The zero-order valence-electron chi connectivity index (χ0n) is 14.8. The van der Waals surface area contributed by atoms with Gasteiger partial charge in [-0.1, -0.05) is 19.1 Å². The molecule has 1 saturated heterocycles. The Morgan fingerprint density at radius 2 is 2.04 bits per heavy atom. The van der Waals surface area contributed by atoms with Gasteiger partial charge in [0.15, 0.2) is 5.69 Å². The Kier molecular flexibility index (Phi) is 5.88. The molecular formula is C19H23N3O3S. The number of rotatable bonds is 6. The predicted octanol–water partition coefficient (Wildman–Crippen LogP) is 3.36. The van der Waals surface area contributed by atoms with Crippen molar-refractivity contribution in [2.45, 2.75) is 32.2 Å². The topological polar surface area (TPSA) is 73.7 Å². The highest BCUT2D eigenvalue weighted by Crippen LogP contribution is 2.24. The van der Waals surface area contributed by atoms with E-state index in [1.165, 1.54) is 17.4 Å². The number of carbonyl (C=O) groups is 2. The van der Waals surface area contributed by atoms with Crippen molar-refractivity contribution in [3.63, 3.8) is 0 Å². The molecule has 3 heterocycles. The first-order valence-corrected chi connectivity index (χ1v) is 9.78. The van der Waals surface area contributed by atoms with Crippen molar-refractivity contribution < 1.29 is 14.7 Å². The molecule has 0 atom stereocenters. The lowest BCUT2D eigenvalue weighted by atomic mass is 10.0. The van der Waals surface area contributed by atoms with Crippen molar-refractivity contribution in [2.24, 2.45) is 0 Å². The van der Waals surface area contributed by atoms with Gasteiger partial charge in [-0.3, -0.25) is 4.79 Å². The van der Waals surface area contributed by atoms with E-state index in [1.807, 2.05) is 28.5 Å². The van der Waals surface area contributed by atoms with Crippen molar-refractivity contribution >= 4 is 29.0 Å². The lowest BCUT2D eigenvalue weighted by molar-refractivity contribution is 0.0651. The minimum atomic E-state index is -1.02. The van der Waals surface area contributed by atoms with Crippen LogP contribution in [0.25, 0.3) is 0 Å². The molecule has 1 aliphatic rings. The minimum absolute atomic E-state index is 0.0603. The highest BCUT2D eigenvalue weighted by atomic mass is 32.1. The molecule has 0 saturated carbocycles. The number of aromatic carboxylic acids is 1. The van der Waals surface area contributed by atoms with Crippen molar-refractivity contribution in [3.05, 3.63) is 46.3 Å². The zero-order valence-corrected chi connectivity index (χ0v) is 15.6. The van der Waals surface area contributed by atoms with Crippen molar-refractivity contribution in [1.29, 1.82) is 0 Å². The lowest BCUT2D eigenvalue weighted by Gasteiger charge is -2.39. The first-order valence-electron chi connectivity index (χ1n) is 8.90. The molecule has 1 fully saturated rings. The van der Waals surface area contributed by atoms with Gasteiger partial charge in [0.1, 0.15) is 5.82 Å². The summed E-state index contributed by atoms with van der Waals surface area (Å²) in [5, 5.41) is 11.0. The van der Waals surface area contributed by atoms with Crippen LogP contribution in [-0.2, 0) is 0 Å². The van der Waals surface area contributed by atoms with Gasteiger partial charge in [0.05, 0.1) is 4.88 Å². The van der Waals surface area contributed by atoms with E-state index in [-0.39, 0.29) is 17.6 Å². The molecule has 6 nitrogen and oxygen atoms in total. The third kappa shape index (κ3) is 4.04. The van der Waals surface area contributed by atoms with Gasteiger partial charge in [-0.2, -0.15) is 0 Å². The number of aromatic nitrogens is 1. The van der Waals surface area contributed by atoms with Crippen LogP contribution < -0.4 is 4.90 Å². The molecule has 0 unspecified atom stereocenters.